The van der Waals surface area contributed by atoms with Crippen molar-refractivity contribution in [3.8, 4) is 22.6 Å². The lowest BCUT2D eigenvalue weighted by Gasteiger charge is -2.48. The molecule has 0 bridgehead atoms. The minimum Gasteiger partial charge on any atom is -0.497 e. The molecule has 214 valence electrons. The smallest absolute Gasteiger partial charge is 0.262 e. The molecule has 2 saturated heterocycles. The Labute approximate surface area is 250 Å². The first-order valence-corrected chi connectivity index (χ1v) is 14.8. The molecule has 0 aromatic heterocycles. The molecule has 0 spiro atoms. The predicted molar refractivity (Wildman–Crippen MR) is 165 cm³/mol. The number of β-lactam (4-membered cyclic amide) rings is 1. The summed E-state index contributed by atoms with van der Waals surface area (Å²) >= 11 is 1.27. The van der Waals surface area contributed by atoms with Gasteiger partial charge in [-0.2, -0.15) is 0 Å². The van der Waals surface area contributed by atoms with Crippen molar-refractivity contribution in [2.75, 3.05) is 32.2 Å². The topological polar surface area (TPSA) is 68.3 Å². The molecule has 42 heavy (non-hydrogen) atoms. The Balaban J connectivity index is 1.35. The average molecular weight is 581 g/mol. The standard InChI is InChI=1S/C34H32N2O5S/c1-35-19-20-40-34(33(35)38)42-31-30(28-18-17-27(39-2)21-29(28)41-22-23-9-5-3-6-10-23)36(32(31)37)26-15-13-25(14-16-26)24-11-7-4-8-12-24/h3-18,21,30-31,34H,19-20,22H2,1-2H3. The number of carbonyl (C=O) groups is 2. The third kappa shape index (κ3) is 5.60. The van der Waals surface area contributed by atoms with E-state index < -0.39 is 10.7 Å². The Morgan fingerprint density at radius 1 is 0.857 bits per heavy atom. The van der Waals surface area contributed by atoms with Crippen LogP contribution in [-0.2, 0) is 20.9 Å². The zero-order chi connectivity index (χ0) is 29.1. The number of amides is 2. The number of methoxy groups -OCH3 is 1. The first-order chi connectivity index (χ1) is 20.5. The molecule has 3 unspecified atom stereocenters. The molecule has 2 amide bonds. The van der Waals surface area contributed by atoms with Gasteiger partial charge in [-0.05, 0) is 41.0 Å². The zero-order valence-electron chi connectivity index (χ0n) is 23.5. The van der Waals surface area contributed by atoms with Gasteiger partial charge in [0, 0.05) is 30.9 Å². The summed E-state index contributed by atoms with van der Waals surface area (Å²) in [4.78, 5) is 30.2. The van der Waals surface area contributed by atoms with Gasteiger partial charge in [0.25, 0.3) is 5.91 Å². The molecule has 2 heterocycles. The summed E-state index contributed by atoms with van der Waals surface area (Å²) < 4.78 is 17.7. The van der Waals surface area contributed by atoms with Crippen molar-refractivity contribution >= 4 is 29.3 Å². The number of thioether (sulfide) groups is 1. The number of morpholine rings is 1. The Morgan fingerprint density at radius 2 is 1.55 bits per heavy atom. The second kappa shape index (κ2) is 12.3. The van der Waals surface area contributed by atoms with Crippen LogP contribution in [0.2, 0.25) is 0 Å². The van der Waals surface area contributed by atoms with E-state index >= 15 is 0 Å². The number of hydrogen-bond donors (Lipinski definition) is 0. The lowest BCUT2D eigenvalue weighted by atomic mass is 9.91. The first-order valence-electron chi connectivity index (χ1n) is 13.9. The molecule has 4 aromatic carbocycles. The van der Waals surface area contributed by atoms with Gasteiger partial charge in [0.2, 0.25) is 5.91 Å². The number of anilines is 1. The molecule has 6 rings (SSSR count). The van der Waals surface area contributed by atoms with E-state index in [1.165, 1.54) is 11.8 Å². The highest BCUT2D eigenvalue weighted by Crippen LogP contribution is 2.50. The molecule has 0 aliphatic carbocycles. The molecule has 0 N–H and O–H groups in total. The minimum atomic E-state index is -0.741. The van der Waals surface area contributed by atoms with Gasteiger partial charge < -0.3 is 24.0 Å². The Hall–Kier alpha value is -4.27. The van der Waals surface area contributed by atoms with Crippen molar-refractivity contribution in [1.82, 2.24) is 4.90 Å². The van der Waals surface area contributed by atoms with Crippen LogP contribution in [0.5, 0.6) is 11.5 Å². The summed E-state index contributed by atoms with van der Waals surface area (Å²) in [5.74, 6) is 1.08. The Bertz CT molecular complexity index is 1550. The molecular formula is C34H32N2O5S. The van der Waals surface area contributed by atoms with E-state index in [9.17, 15) is 9.59 Å². The highest BCUT2D eigenvalue weighted by Gasteiger charge is 2.52. The van der Waals surface area contributed by atoms with Crippen molar-refractivity contribution in [2.45, 2.75) is 23.3 Å². The SMILES string of the molecule is COc1ccc(C2C(SC3OCCN(C)C3=O)C(=O)N2c2ccc(-c3ccccc3)cc2)c(OCc2ccccc2)c1. The molecule has 7 nitrogen and oxygen atoms in total. The van der Waals surface area contributed by atoms with Crippen LogP contribution in [0.4, 0.5) is 5.69 Å². The fourth-order valence-corrected chi connectivity index (χ4v) is 6.65. The average Bonchev–Trinajstić information content (AvgIpc) is 3.04. The summed E-state index contributed by atoms with van der Waals surface area (Å²) in [6, 6.07) is 33.3. The molecule has 3 atom stereocenters. The summed E-state index contributed by atoms with van der Waals surface area (Å²) in [7, 11) is 3.38. The summed E-state index contributed by atoms with van der Waals surface area (Å²) in [5.41, 5.74) is 4.07. The van der Waals surface area contributed by atoms with E-state index in [1.54, 1.807) is 24.0 Å². The van der Waals surface area contributed by atoms with Crippen LogP contribution in [0, 0.1) is 0 Å². The highest BCUT2D eigenvalue weighted by atomic mass is 32.2. The molecule has 2 fully saturated rings. The summed E-state index contributed by atoms with van der Waals surface area (Å²) in [6.07, 6.45) is 0. The van der Waals surface area contributed by atoms with Gasteiger partial charge in [0.1, 0.15) is 23.4 Å². The lowest BCUT2D eigenvalue weighted by Crippen LogP contribution is -2.59. The van der Waals surface area contributed by atoms with E-state index in [4.69, 9.17) is 14.2 Å². The second-order valence-corrected chi connectivity index (χ2v) is 11.5. The number of benzene rings is 4. The number of ether oxygens (including phenoxy) is 3. The maximum absolute atomic E-state index is 13.8. The van der Waals surface area contributed by atoms with Crippen LogP contribution in [-0.4, -0.2) is 54.7 Å². The van der Waals surface area contributed by atoms with E-state index in [2.05, 4.69) is 12.1 Å². The van der Waals surface area contributed by atoms with Crippen molar-refractivity contribution in [3.63, 3.8) is 0 Å². The van der Waals surface area contributed by atoms with Crippen LogP contribution >= 0.6 is 11.8 Å². The van der Waals surface area contributed by atoms with Gasteiger partial charge in [-0.15, -0.1) is 11.8 Å². The number of carbonyl (C=O) groups excluding carboxylic acids is 2. The molecule has 0 saturated carbocycles. The molecule has 2 aliphatic rings. The van der Waals surface area contributed by atoms with Gasteiger partial charge in [0.15, 0.2) is 5.44 Å². The number of nitrogens with zero attached hydrogens (tertiary/aromatic N) is 2. The van der Waals surface area contributed by atoms with Gasteiger partial charge in [-0.1, -0.05) is 72.8 Å². The van der Waals surface area contributed by atoms with Crippen molar-refractivity contribution in [1.29, 1.82) is 0 Å². The fraction of sp³-hybridized carbons (Fsp3) is 0.235. The van der Waals surface area contributed by atoms with Crippen molar-refractivity contribution in [3.05, 3.63) is 114 Å². The molecule has 4 aromatic rings. The van der Waals surface area contributed by atoms with Crippen LogP contribution in [0.1, 0.15) is 17.2 Å². The monoisotopic (exact) mass is 580 g/mol. The largest absolute Gasteiger partial charge is 0.497 e. The van der Waals surface area contributed by atoms with E-state index in [-0.39, 0.29) is 17.9 Å². The van der Waals surface area contributed by atoms with Gasteiger partial charge in [-0.25, -0.2) is 0 Å². The summed E-state index contributed by atoms with van der Waals surface area (Å²) in [6.45, 7) is 1.33. The van der Waals surface area contributed by atoms with Gasteiger partial charge in [-0.3, -0.25) is 9.59 Å². The predicted octanol–water partition coefficient (Wildman–Crippen LogP) is 5.95. The Kier molecular flexibility index (Phi) is 8.17. The third-order valence-corrected chi connectivity index (χ3v) is 8.96. The van der Waals surface area contributed by atoms with E-state index in [0.717, 1.165) is 27.9 Å². The van der Waals surface area contributed by atoms with Gasteiger partial charge in [0.05, 0.1) is 19.8 Å². The van der Waals surface area contributed by atoms with Crippen LogP contribution in [0.3, 0.4) is 0 Å². The quantitative estimate of drug-likeness (QED) is 0.228. The lowest BCUT2D eigenvalue weighted by molar-refractivity contribution is -0.143. The molecule has 8 heteroatoms. The third-order valence-electron chi connectivity index (χ3n) is 7.62. The van der Waals surface area contributed by atoms with Gasteiger partial charge >= 0.3 is 0 Å². The normalized spacial score (nSPS) is 20.3. The number of rotatable bonds is 9. The molecule has 2 aliphatic heterocycles. The van der Waals surface area contributed by atoms with Crippen LogP contribution in [0.25, 0.3) is 11.1 Å². The Morgan fingerprint density at radius 3 is 2.26 bits per heavy atom. The first kappa shape index (κ1) is 27.9. The molecular weight excluding hydrogens is 548 g/mol. The van der Waals surface area contributed by atoms with E-state index in [0.29, 0.717) is 31.3 Å². The van der Waals surface area contributed by atoms with E-state index in [1.807, 2.05) is 91.0 Å². The zero-order valence-corrected chi connectivity index (χ0v) is 24.3. The maximum Gasteiger partial charge on any atom is 0.262 e. The number of likely N-dealkylation sites (N-methyl/N-ethyl adjacent to an activating group) is 1. The number of hydrogen-bond acceptors (Lipinski definition) is 6. The van der Waals surface area contributed by atoms with Crippen LogP contribution < -0.4 is 14.4 Å². The second-order valence-electron chi connectivity index (χ2n) is 10.3. The van der Waals surface area contributed by atoms with Crippen molar-refractivity contribution < 1.29 is 23.8 Å². The molecule has 0 radical (unpaired) electrons. The summed E-state index contributed by atoms with van der Waals surface area (Å²) in [5, 5.41) is -0.535. The fourth-order valence-electron chi connectivity index (χ4n) is 5.27. The minimum absolute atomic E-state index is 0.0769. The van der Waals surface area contributed by atoms with Crippen LogP contribution in [0.15, 0.2) is 103 Å². The van der Waals surface area contributed by atoms with Crippen molar-refractivity contribution in [2.24, 2.45) is 0 Å². The maximum atomic E-state index is 13.8. The highest BCUT2D eigenvalue weighted by molar-refractivity contribution is 8.01.